The van der Waals surface area contributed by atoms with Crippen LogP contribution in [0.3, 0.4) is 0 Å². The average molecular weight is 775 g/mol. The molecular weight excluding hydrogens is 711 g/mol. The molecule has 2 aromatic heterocycles. The van der Waals surface area contributed by atoms with Crippen LogP contribution >= 0.6 is 20.2 Å². The number of nitrogen functional groups attached to an aromatic ring is 1. The van der Waals surface area contributed by atoms with Crippen molar-refractivity contribution in [3.8, 4) is 12.6 Å². The van der Waals surface area contributed by atoms with Gasteiger partial charge in [0.05, 0.1) is 37.6 Å². The standard InChI is InChI=1S/C31H57N4O4P.C8H6ClNO.CHN/c1-3-4-5-6-7-8-9-10-11-12-13-14-15-16-17-18-19-20-25-38-40(36)39-26-29(37-2)23-21-28-22-24-30-31(32)33-27-34-35(28)30;9-8-2-6(4-10)1-7(3-8)5-11;1-2/h22,24,27,29,36H,3-21,23,25-26H2,1-2H3,(H2,32,33,34);1-3,11H,5H2;1H. The Labute approximate surface area is 324 Å². The zero-order valence-corrected chi connectivity index (χ0v) is 33.8. The van der Waals surface area contributed by atoms with Gasteiger partial charge in [0.25, 0.3) is 0 Å². The molecule has 0 bridgehead atoms. The van der Waals surface area contributed by atoms with Crippen LogP contribution in [0.5, 0.6) is 0 Å². The molecule has 0 saturated heterocycles. The van der Waals surface area contributed by atoms with Crippen LogP contribution in [-0.2, 0) is 26.8 Å². The molecule has 0 amide bonds. The second-order valence-corrected chi connectivity index (χ2v) is 14.6. The molecule has 4 N–H and O–H groups in total. The lowest BCUT2D eigenvalue weighted by molar-refractivity contribution is 0.0440. The van der Waals surface area contributed by atoms with Gasteiger partial charge in [-0.25, -0.2) is 14.8 Å². The van der Waals surface area contributed by atoms with E-state index in [1.165, 1.54) is 109 Å². The van der Waals surface area contributed by atoms with Crippen LogP contribution in [0.25, 0.3) is 5.52 Å². The summed E-state index contributed by atoms with van der Waals surface area (Å²) in [6, 6.07) is 10.6. The summed E-state index contributed by atoms with van der Waals surface area (Å²) in [6.45, 7) is 6.52. The van der Waals surface area contributed by atoms with Crippen LogP contribution < -0.4 is 5.73 Å². The second-order valence-electron chi connectivity index (χ2n) is 13.2. The van der Waals surface area contributed by atoms with Gasteiger partial charge in [0, 0.05) is 24.4 Å². The monoisotopic (exact) mass is 774 g/mol. The van der Waals surface area contributed by atoms with Crippen LogP contribution in [0.2, 0.25) is 5.02 Å². The van der Waals surface area contributed by atoms with Crippen molar-refractivity contribution in [2.24, 2.45) is 0 Å². The Hall–Kier alpha value is -2.86. The molecule has 2 heterocycles. The lowest BCUT2D eigenvalue weighted by Crippen LogP contribution is -2.18. The van der Waals surface area contributed by atoms with Gasteiger partial charge in [0.1, 0.15) is 11.8 Å². The molecule has 2 unspecified atom stereocenters. The largest absolute Gasteiger partial charge is 0.392 e. The zero-order chi connectivity index (χ0) is 38.9. The summed E-state index contributed by atoms with van der Waals surface area (Å²) in [5.41, 5.74) is 8.87. The van der Waals surface area contributed by atoms with E-state index in [2.05, 4.69) is 23.6 Å². The number of ether oxygens (including phenoxy) is 1. The first kappa shape index (κ1) is 48.2. The molecule has 0 aliphatic carbocycles. The Morgan fingerprint density at radius 2 is 1.45 bits per heavy atom. The van der Waals surface area contributed by atoms with Crippen LogP contribution in [0.4, 0.5) is 5.82 Å². The molecule has 0 aliphatic heterocycles. The summed E-state index contributed by atoms with van der Waals surface area (Å²) in [7, 11) is -0.219. The minimum atomic E-state index is -1.87. The summed E-state index contributed by atoms with van der Waals surface area (Å²) in [5, 5.41) is 28.5. The quantitative estimate of drug-likeness (QED) is 0.0476. The number of hydrogen-bond acceptors (Lipinski definition) is 10. The Bertz CT molecular complexity index is 1400. The summed E-state index contributed by atoms with van der Waals surface area (Å²) < 4.78 is 18.4. The number of unbranched alkanes of at least 4 members (excludes halogenated alkanes) is 17. The Kier molecular flexibility index (Phi) is 29.6. The minimum Gasteiger partial charge on any atom is -0.392 e. The molecule has 2 atom stereocenters. The zero-order valence-electron chi connectivity index (χ0n) is 32.1. The van der Waals surface area contributed by atoms with Crippen LogP contribution in [0.1, 0.15) is 146 Å². The van der Waals surface area contributed by atoms with Crippen LogP contribution in [0, 0.1) is 23.2 Å². The number of benzene rings is 1. The third kappa shape index (κ3) is 22.8. The lowest BCUT2D eigenvalue weighted by Gasteiger charge is -2.17. The van der Waals surface area contributed by atoms with E-state index in [1.54, 1.807) is 29.8 Å². The molecule has 0 saturated carbocycles. The first-order valence-electron chi connectivity index (χ1n) is 19.3. The number of nitrogens with zero attached hydrogens (tertiary/aromatic N) is 5. The summed E-state index contributed by atoms with van der Waals surface area (Å²) in [5.74, 6) is 0.464. The molecule has 53 heavy (non-hydrogen) atoms. The third-order valence-electron chi connectivity index (χ3n) is 8.96. The van der Waals surface area contributed by atoms with Gasteiger partial charge in [-0.2, -0.15) is 10.4 Å². The number of nitriles is 2. The highest BCUT2D eigenvalue weighted by Gasteiger charge is 2.15. The Morgan fingerprint density at radius 1 is 0.887 bits per heavy atom. The maximum atomic E-state index is 10.1. The van der Waals surface area contributed by atoms with E-state index in [4.69, 9.17) is 46.7 Å². The van der Waals surface area contributed by atoms with Gasteiger partial charge in [0.2, 0.25) is 0 Å². The summed E-state index contributed by atoms with van der Waals surface area (Å²) in [6.07, 6.45) is 27.2. The predicted molar refractivity (Wildman–Crippen MR) is 215 cm³/mol. The molecule has 13 heteroatoms. The van der Waals surface area contributed by atoms with Crippen molar-refractivity contribution in [1.29, 1.82) is 10.5 Å². The van der Waals surface area contributed by atoms with Crippen molar-refractivity contribution >= 4 is 31.5 Å². The molecule has 11 nitrogen and oxygen atoms in total. The summed E-state index contributed by atoms with van der Waals surface area (Å²) >= 11 is 5.65. The second kappa shape index (κ2) is 32.6. The molecule has 0 spiro atoms. The highest BCUT2D eigenvalue weighted by Crippen LogP contribution is 2.33. The molecular formula is C40H64ClN6O5P. The van der Waals surface area contributed by atoms with Crippen molar-refractivity contribution in [3.05, 3.63) is 58.5 Å². The van der Waals surface area contributed by atoms with Crippen LogP contribution in [-0.4, -0.2) is 51.0 Å². The summed E-state index contributed by atoms with van der Waals surface area (Å²) in [4.78, 5) is 14.1. The Morgan fingerprint density at radius 3 is 1.98 bits per heavy atom. The number of hydrogen-bond donors (Lipinski definition) is 3. The lowest BCUT2D eigenvalue weighted by atomic mass is 10.0. The van der Waals surface area contributed by atoms with Gasteiger partial charge < -0.3 is 29.5 Å². The van der Waals surface area contributed by atoms with E-state index in [9.17, 15) is 4.89 Å². The van der Waals surface area contributed by atoms with E-state index in [1.807, 2.05) is 18.2 Å². The maximum absolute atomic E-state index is 10.1. The maximum Gasteiger partial charge on any atom is 0.329 e. The number of anilines is 1. The van der Waals surface area contributed by atoms with E-state index in [-0.39, 0.29) is 19.3 Å². The van der Waals surface area contributed by atoms with Gasteiger partial charge in [-0.15, -0.1) is 0 Å². The fraction of sp³-hybridized carbons (Fsp3) is 0.650. The van der Waals surface area contributed by atoms with Crippen LogP contribution in [0.15, 0.2) is 36.7 Å². The average Bonchev–Trinajstić information content (AvgIpc) is 3.60. The minimum absolute atomic E-state index is 0.0881. The number of rotatable bonds is 28. The predicted octanol–water partition coefficient (Wildman–Crippen LogP) is 10.4. The molecule has 1 aromatic carbocycles. The first-order valence-corrected chi connectivity index (χ1v) is 20.8. The van der Waals surface area contributed by atoms with Crippen molar-refractivity contribution < 1.29 is 23.8 Å². The number of methoxy groups -OCH3 is 1. The highest BCUT2D eigenvalue weighted by molar-refractivity contribution is 7.40. The number of aliphatic hydroxyl groups excluding tert-OH is 1. The fourth-order valence-corrected chi connectivity index (χ4v) is 6.82. The SMILES string of the molecule is C#N.CCCCCCCCCCCCCCCCCCCCOP(O)OCC(CCc1ccc2c(N)ncnn12)OC.N#Cc1cc(Cl)cc(CO)c1. The Balaban J connectivity index is 0.000000910. The topological polar surface area (TPSA) is 172 Å². The normalized spacial score (nSPS) is 12.0. The highest BCUT2D eigenvalue weighted by atomic mass is 35.5. The molecule has 296 valence electrons. The number of halogens is 1. The van der Waals surface area contributed by atoms with Crippen molar-refractivity contribution in [1.82, 2.24) is 14.6 Å². The van der Waals surface area contributed by atoms with Gasteiger partial charge in [-0.05, 0) is 55.2 Å². The molecule has 3 rings (SSSR count). The first-order chi connectivity index (χ1) is 25.9. The van der Waals surface area contributed by atoms with E-state index in [0.29, 0.717) is 28.6 Å². The smallest absolute Gasteiger partial charge is 0.329 e. The van der Waals surface area contributed by atoms with Gasteiger partial charge >= 0.3 is 8.60 Å². The van der Waals surface area contributed by atoms with Gasteiger partial charge in [-0.1, -0.05) is 128 Å². The van der Waals surface area contributed by atoms with E-state index in [0.717, 1.165) is 36.9 Å². The van der Waals surface area contributed by atoms with Gasteiger partial charge in [-0.3, -0.25) is 0 Å². The molecule has 0 aliphatic rings. The van der Waals surface area contributed by atoms with Gasteiger partial charge in [0.15, 0.2) is 5.82 Å². The van der Waals surface area contributed by atoms with Crippen molar-refractivity contribution in [2.75, 3.05) is 26.1 Å². The number of aryl methyl sites for hydroxylation is 1. The number of fused-ring (bicyclic) bond motifs is 1. The van der Waals surface area contributed by atoms with Crippen molar-refractivity contribution in [3.63, 3.8) is 0 Å². The molecule has 0 radical (unpaired) electrons. The fourth-order valence-electron chi connectivity index (χ4n) is 5.91. The van der Waals surface area contributed by atoms with E-state index >= 15 is 0 Å². The number of nitrogens with two attached hydrogens (primary N) is 1. The van der Waals surface area contributed by atoms with Crippen molar-refractivity contribution in [2.45, 2.75) is 148 Å². The number of aromatic nitrogens is 3. The number of aliphatic hydroxyl groups is 1. The third-order valence-corrected chi connectivity index (χ3v) is 9.95. The van der Waals surface area contributed by atoms with E-state index < -0.39 is 8.60 Å². The molecule has 3 aromatic rings. The molecule has 0 fully saturated rings.